The molecule has 2 rings (SSSR count). The van der Waals surface area contributed by atoms with Crippen LogP contribution in [0.25, 0.3) is 0 Å². The lowest BCUT2D eigenvalue weighted by Gasteiger charge is -2.16. The van der Waals surface area contributed by atoms with Crippen molar-refractivity contribution in [2.45, 2.75) is 45.8 Å². The molecule has 0 aliphatic heterocycles. The lowest BCUT2D eigenvalue weighted by molar-refractivity contribution is 0.105. The summed E-state index contributed by atoms with van der Waals surface area (Å²) in [5.41, 5.74) is 3.51. The van der Waals surface area contributed by atoms with Crippen LogP contribution in [0.4, 0.5) is 0 Å². The molecule has 1 atom stereocenters. The highest BCUT2D eigenvalue weighted by molar-refractivity contribution is 5.42. The lowest BCUT2D eigenvalue weighted by Crippen LogP contribution is -2.32. The van der Waals surface area contributed by atoms with Crippen molar-refractivity contribution in [1.82, 2.24) is 5.32 Å². The zero-order valence-electron chi connectivity index (χ0n) is 11.5. The van der Waals surface area contributed by atoms with Crippen LogP contribution < -0.4 is 10.1 Å². The van der Waals surface area contributed by atoms with Crippen LogP contribution in [0.3, 0.4) is 0 Å². The molecule has 3 nitrogen and oxygen atoms in total. The molecule has 0 saturated heterocycles. The smallest absolute Gasteiger partial charge is 0.125 e. The Balaban J connectivity index is 1.84. The highest BCUT2D eigenvalue weighted by Gasteiger charge is 2.21. The number of aryl methyl sites for hydroxylation is 3. The number of nitrogens with one attached hydrogen (secondary N) is 1. The van der Waals surface area contributed by atoms with Gasteiger partial charge in [-0.1, -0.05) is 17.7 Å². The quantitative estimate of drug-likeness (QED) is 0.811. The van der Waals surface area contributed by atoms with E-state index in [-0.39, 0.29) is 0 Å². The Hall–Kier alpha value is -1.06. The van der Waals surface area contributed by atoms with E-state index < -0.39 is 6.10 Å². The predicted octanol–water partition coefficient (Wildman–Crippen LogP) is 2.10. The van der Waals surface area contributed by atoms with Gasteiger partial charge in [-0.3, -0.25) is 0 Å². The third kappa shape index (κ3) is 3.72. The molecule has 100 valence electrons. The first-order valence-electron chi connectivity index (χ1n) is 6.68. The summed E-state index contributed by atoms with van der Waals surface area (Å²) in [7, 11) is 0. The molecule has 0 radical (unpaired) electrons. The third-order valence-corrected chi connectivity index (χ3v) is 3.24. The highest BCUT2D eigenvalue weighted by Crippen LogP contribution is 2.24. The molecular formula is C15H23NO2. The van der Waals surface area contributed by atoms with E-state index >= 15 is 0 Å². The molecule has 1 aromatic rings. The Kier molecular flexibility index (Phi) is 4.25. The van der Waals surface area contributed by atoms with Crippen molar-refractivity contribution in [3.63, 3.8) is 0 Å². The molecule has 1 fully saturated rings. The molecule has 1 saturated carbocycles. The van der Waals surface area contributed by atoms with E-state index in [9.17, 15) is 5.11 Å². The molecule has 1 aromatic carbocycles. The van der Waals surface area contributed by atoms with Gasteiger partial charge < -0.3 is 15.2 Å². The predicted molar refractivity (Wildman–Crippen MR) is 73.2 cm³/mol. The first kappa shape index (κ1) is 13.4. The van der Waals surface area contributed by atoms with Gasteiger partial charge in [-0.05, 0) is 44.7 Å². The molecule has 1 aliphatic rings. The molecule has 0 bridgehead atoms. The van der Waals surface area contributed by atoms with Crippen LogP contribution in [-0.4, -0.2) is 30.4 Å². The molecule has 18 heavy (non-hydrogen) atoms. The Labute approximate surface area is 109 Å². The minimum Gasteiger partial charge on any atom is -0.490 e. The summed E-state index contributed by atoms with van der Waals surface area (Å²) in [6, 6.07) is 4.84. The molecule has 2 N–H and O–H groups in total. The SMILES string of the molecule is Cc1cc(C)c(OCC(O)CNC2CC2)c(C)c1. The molecular weight excluding hydrogens is 226 g/mol. The number of ether oxygens (including phenoxy) is 1. The summed E-state index contributed by atoms with van der Waals surface area (Å²) in [6.07, 6.45) is 2.04. The molecule has 0 amide bonds. The Morgan fingerprint density at radius 2 is 1.89 bits per heavy atom. The zero-order chi connectivity index (χ0) is 13.1. The highest BCUT2D eigenvalue weighted by atomic mass is 16.5. The van der Waals surface area contributed by atoms with Crippen molar-refractivity contribution in [3.05, 3.63) is 28.8 Å². The summed E-state index contributed by atoms with van der Waals surface area (Å²) < 4.78 is 5.75. The van der Waals surface area contributed by atoms with E-state index in [1.54, 1.807) is 0 Å². The summed E-state index contributed by atoms with van der Waals surface area (Å²) >= 11 is 0. The third-order valence-electron chi connectivity index (χ3n) is 3.24. The Morgan fingerprint density at radius 1 is 1.28 bits per heavy atom. The standard InChI is InChI=1S/C15H23NO2/c1-10-6-11(2)15(12(3)7-10)18-9-14(17)8-16-13-4-5-13/h6-7,13-14,16-17H,4-5,8-9H2,1-3H3. The van der Waals surface area contributed by atoms with Crippen molar-refractivity contribution in [1.29, 1.82) is 0 Å². The second-order valence-electron chi connectivity index (χ2n) is 5.38. The van der Waals surface area contributed by atoms with Gasteiger partial charge in [-0.15, -0.1) is 0 Å². The maximum atomic E-state index is 9.84. The molecule has 0 aromatic heterocycles. The first-order valence-corrected chi connectivity index (χ1v) is 6.68. The van der Waals surface area contributed by atoms with Gasteiger partial charge in [0.25, 0.3) is 0 Å². The van der Waals surface area contributed by atoms with Crippen LogP contribution >= 0.6 is 0 Å². The fraction of sp³-hybridized carbons (Fsp3) is 0.600. The average Bonchev–Trinajstić information content (AvgIpc) is 3.08. The first-order chi connectivity index (χ1) is 8.56. The van der Waals surface area contributed by atoms with Gasteiger partial charge in [0.05, 0.1) is 0 Å². The summed E-state index contributed by atoms with van der Waals surface area (Å²) in [6.45, 7) is 7.14. The van der Waals surface area contributed by atoms with Crippen molar-refractivity contribution in [2.75, 3.05) is 13.2 Å². The summed E-state index contributed by atoms with van der Waals surface area (Å²) in [5, 5.41) is 13.1. The number of hydrogen-bond donors (Lipinski definition) is 2. The van der Waals surface area contributed by atoms with Gasteiger partial charge in [-0.25, -0.2) is 0 Å². The largest absolute Gasteiger partial charge is 0.490 e. The van der Waals surface area contributed by atoms with E-state index in [0.29, 0.717) is 19.2 Å². The second kappa shape index (κ2) is 5.72. The van der Waals surface area contributed by atoms with Crippen molar-refractivity contribution in [3.8, 4) is 5.75 Å². The second-order valence-corrected chi connectivity index (χ2v) is 5.38. The van der Waals surface area contributed by atoms with E-state index in [0.717, 1.165) is 16.9 Å². The topological polar surface area (TPSA) is 41.5 Å². The Morgan fingerprint density at radius 3 is 2.44 bits per heavy atom. The van der Waals surface area contributed by atoms with Crippen molar-refractivity contribution < 1.29 is 9.84 Å². The number of benzene rings is 1. The fourth-order valence-corrected chi connectivity index (χ4v) is 2.22. The number of aliphatic hydroxyl groups is 1. The molecule has 0 heterocycles. The van der Waals surface area contributed by atoms with Crippen LogP contribution in [0.2, 0.25) is 0 Å². The van der Waals surface area contributed by atoms with Gasteiger partial charge >= 0.3 is 0 Å². The van der Waals surface area contributed by atoms with Crippen molar-refractivity contribution >= 4 is 0 Å². The van der Waals surface area contributed by atoms with Gasteiger partial charge in [-0.2, -0.15) is 0 Å². The van der Waals surface area contributed by atoms with E-state index in [4.69, 9.17) is 4.74 Å². The van der Waals surface area contributed by atoms with Gasteiger partial charge in [0, 0.05) is 12.6 Å². The minimum absolute atomic E-state index is 0.352. The zero-order valence-corrected chi connectivity index (χ0v) is 11.5. The normalized spacial score (nSPS) is 16.7. The molecule has 0 spiro atoms. The van der Waals surface area contributed by atoms with Gasteiger partial charge in [0.2, 0.25) is 0 Å². The van der Waals surface area contributed by atoms with Gasteiger partial charge in [0.1, 0.15) is 18.5 Å². The number of hydrogen-bond acceptors (Lipinski definition) is 3. The van der Waals surface area contributed by atoms with Gasteiger partial charge in [0.15, 0.2) is 0 Å². The number of rotatable bonds is 6. The van der Waals surface area contributed by atoms with Crippen LogP contribution in [0.1, 0.15) is 29.5 Å². The van der Waals surface area contributed by atoms with E-state index in [1.807, 2.05) is 13.8 Å². The summed E-state index contributed by atoms with van der Waals surface area (Å²) in [4.78, 5) is 0. The lowest BCUT2D eigenvalue weighted by atomic mass is 10.1. The van der Waals surface area contributed by atoms with Crippen LogP contribution in [0.5, 0.6) is 5.75 Å². The minimum atomic E-state index is -0.439. The van der Waals surface area contributed by atoms with Crippen LogP contribution in [0.15, 0.2) is 12.1 Å². The van der Waals surface area contributed by atoms with Crippen molar-refractivity contribution in [2.24, 2.45) is 0 Å². The molecule has 1 aliphatic carbocycles. The number of aliphatic hydroxyl groups excluding tert-OH is 1. The van der Waals surface area contributed by atoms with Crippen LogP contribution in [0, 0.1) is 20.8 Å². The van der Waals surface area contributed by atoms with E-state index in [2.05, 4.69) is 24.4 Å². The average molecular weight is 249 g/mol. The van der Waals surface area contributed by atoms with Crippen LogP contribution in [-0.2, 0) is 0 Å². The monoisotopic (exact) mass is 249 g/mol. The Bertz CT molecular complexity index is 390. The maximum Gasteiger partial charge on any atom is 0.125 e. The molecule has 3 heteroatoms. The maximum absolute atomic E-state index is 9.84. The summed E-state index contributed by atoms with van der Waals surface area (Å²) in [5.74, 6) is 0.908. The molecule has 1 unspecified atom stereocenters. The fourth-order valence-electron chi connectivity index (χ4n) is 2.22. The van der Waals surface area contributed by atoms with E-state index in [1.165, 1.54) is 18.4 Å².